The summed E-state index contributed by atoms with van der Waals surface area (Å²) in [7, 11) is 1.36. The Bertz CT molecular complexity index is 2180. The molecule has 0 saturated carbocycles. The summed E-state index contributed by atoms with van der Waals surface area (Å²) >= 11 is 1.30. The molecular weight excluding hydrogens is 815 g/mol. The second-order valence-corrected chi connectivity index (χ2v) is 18.0. The fraction of sp³-hybridized carbons (Fsp3) is 0.422. The van der Waals surface area contributed by atoms with Crippen LogP contribution in [0.1, 0.15) is 52.7 Å². The molecule has 1 aliphatic heterocycles. The largest absolute Gasteiger partial charge is 0.413 e. The van der Waals surface area contributed by atoms with Gasteiger partial charge in [-0.3, -0.25) is 29.3 Å². The molecule has 0 radical (unpaired) electrons. The molecule has 0 aliphatic carbocycles. The average Bonchev–Trinajstić information content (AvgIpc) is 3.80. The van der Waals surface area contributed by atoms with Crippen molar-refractivity contribution in [2.75, 3.05) is 13.0 Å². The molecule has 6 atom stereocenters. The van der Waals surface area contributed by atoms with Gasteiger partial charge in [0.15, 0.2) is 6.10 Å². The van der Waals surface area contributed by atoms with Crippen LogP contribution in [0.5, 0.6) is 5.75 Å². The van der Waals surface area contributed by atoms with E-state index in [0.29, 0.717) is 5.56 Å². The quantitative estimate of drug-likeness (QED) is 0.0717. The van der Waals surface area contributed by atoms with E-state index in [1.807, 2.05) is 24.3 Å². The summed E-state index contributed by atoms with van der Waals surface area (Å²) < 4.78 is 4.59. The van der Waals surface area contributed by atoms with Gasteiger partial charge in [-0.05, 0) is 61.4 Å². The zero-order valence-electron chi connectivity index (χ0n) is 36.0. The second kappa shape index (κ2) is 21.4. The summed E-state index contributed by atoms with van der Waals surface area (Å²) in [6, 6.07) is 19.2. The number of nitrogens with one attached hydrogen (secondary N) is 6. The van der Waals surface area contributed by atoms with Crippen molar-refractivity contribution in [3.8, 4) is 5.75 Å². The molecule has 1 aromatic heterocycles. The molecule has 4 aromatic rings. The molecule has 0 unspecified atom stereocenters. The van der Waals surface area contributed by atoms with Crippen LogP contribution in [0, 0.1) is 11.8 Å². The summed E-state index contributed by atoms with van der Waals surface area (Å²) in [6.07, 6.45) is -0.932. The van der Waals surface area contributed by atoms with E-state index in [1.165, 1.54) is 23.8 Å². The Morgan fingerprint density at radius 3 is 2.08 bits per heavy atom. The molecule has 0 bridgehead atoms. The standard InChI is InChI=1S/C45H57N7O9S/c1-26(2)35(49-39(54)34(48-44(59)61-30-18-12-9-13-19-30)23-29-24-46-32-21-15-14-20-31(29)32)40(55)47-33(22-28-16-10-8-11-17-28)37(53)43(58)52-25-62-45(5,6)38(52)42(57)50-41(56)36(27(3)4)51-60-7/h8-21,24,26-27,33-38,46,51,53H,22-23,25H2,1-7H3,(H,47,55)(H,48,59)(H,49,54)(H,50,56,57)/t33-,34-,35-,36-,37-,38+/m0/s1. The van der Waals surface area contributed by atoms with Crippen molar-refractivity contribution in [2.45, 2.75) is 95.4 Å². The number of para-hydroxylation sites is 2. The smallest absolute Gasteiger partial charge is 0.410 e. The number of hydroxylamine groups is 1. The summed E-state index contributed by atoms with van der Waals surface area (Å²) in [5.41, 5.74) is 4.86. The molecule has 1 aliphatic rings. The Balaban J connectivity index is 1.37. The van der Waals surface area contributed by atoms with E-state index >= 15 is 0 Å². The lowest BCUT2D eigenvalue weighted by Gasteiger charge is -2.34. The van der Waals surface area contributed by atoms with E-state index in [9.17, 15) is 33.9 Å². The van der Waals surface area contributed by atoms with Gasteiger partial charge < -0.3 is 40.5 Å². The highest BCUT2D eigenvalue weighted by Crippen LogP contribution is 2.40. The molecule has 16 nitrogen and oxygen atoms in total. The Morgan fingerprint density at radius 2 is 1.44 bits per heavy atom. The number of rotatable bonds is 18. The lowest BCUT2D eigenvalue weighted by molar-refractivity contribution is -0.149. The third kappa shape index (κ3) is 12.0. The molecule has 3 aromatic carbocycles. The molecule has 5 rings (SSSR count). The van der Waals surface area contributed by atoms with Gasteiger partial charge in [0, 0.05) is 28.3 Å². The van der Waals surface area contributed by atoms with Gasteiger partial charge in [-0.25, -0.2) is 4.79 Å². The number of amides is 6. The fourth-order valence-corrected chi connectivity index (χ4v) is 8.45. The van der Waals surface area contributed by atoms with Crippen molar-refractivity contribution in [1.82, 2.24) is 36.6 Å². The summed E-state index contributed by atoms with van der Waals surface area (Å²) in [5.74, 6) is -4.04. The van der Waals surface area contributed by atoms with Crippen molar-refractivity contribution < 1.29 is 43.4 Å². The molecule has 6 amide bonds. The number of aliphatic hydroxyl groups excluding tert-OH is 1. The molecule has 1 fully saturated rings. The Hall–Kier alpha value is -5.75. The number of benzene rings is 3. The van der Waals surface area contributed by atoms with Gasteiger partial charge in [-0.1, -0.05) is 94.4 Å². The van der Waals surface area contributed by atoms with Gasteiger partial charge in [0.1, 0.15) is 29.9 Å². The predicted octanol–water partition coefficient (Wildman–Crippen LogP) is 3.60. The number of aliphatic hydroxyl groups is 1. The number of thioether (sulfide) groups is 1. The van der Waals surface area contributed by atoms with E-state index in [2.05, 4.69) is 31.7 Å². The van der Waals surface area contributed by atoms with E-state index in [-0.39, 0.29) is 30.4 Å². The third-order valence-electron chi connectivity index (χ3n) is 10.7. The Morgan fingerprint density at radius 1 is 0.806 bits per heavy atom. The number of hydrogen-bond acceptors (Lipinski definition) is 11. The van der Waals surface area contributed by atoms with E-state index in [0.717, 1.165) is 16.5 Å². The number of fused-ring (bicyclic) bond motifs is 1. The third-order valence-corrected chi connectivity index (χ3v) is 12.1. The number of hydrogen-bond donors (Lipinski definition) is 7. The Kier molecular flexibility index (Phi) is 16.3. The number of carbonyl (C=O) groups excluding carboxylic acids is 6. The summed E-state index contributed by atoms with van der Waals surface area (Å²) in [5, 5.41) is 23.4. The van der Waals surface area contributed by atoms with Crippen molar-refractivity contribution in [3.63, 3.8) is 0 Å². The normalized spacial score (nSPS) is 17.1. The van der Waals surface area contributed by atoms with Crippen LogP contribution in [0.2, 0.25) is 0 Å². The zero-order chi connectivity index (χ0) is 45.1. The lowest BCUT2D eigenvalue weighted by atomic mass is 9.95. The first-order chi connectivity index (χ1) is 29.5. The first-order valence-corrected chi connectivity index (χ1v) is 21.5. The van der Waals surface area contributed by atoms with Gasteiger partial charge in [0.05, 0.1) is 19.0 Å². The first-order valence-electron chi connectivity index (χ1n) is 20.5. The minimum absolute atomic E-state index is 0.00675. The number of ether oxygens (including phenoxy) is 1. The van der Waals surface area contributed by atoms with Crippen LogP contribution in [0.3, 0.4) is 0 Å². The highest BCUT2D eigenvalue weighted by Gasteiger charge is 2.50. The molecule has 7 N–H and O–H groups in total. The minimum Gasteiger partial charge on any atom is -0.410 e. The summed E-state index contributed by atoms with van der Waals surface area (Å²) in [6.45, 7) is 10.5. The maximum atomic E-state index is 14.3. The Labute approximate surface area is 365 Å². The van der Waals surface area contributed by atoms with Gasteiger partial charge in [-0.2, -0.15) is 5.48 Å². The fourth-order valence-electron chi connectivity index (χ4n) is 7.31. The van der Waals surface area contributed by atoms with Crippen LogP contribution in [0.25, 0.3) is 10.9 Å². The first kappa shape index (κ1) is 47.3. The van der Waals surface area contributed by atoms with Crippen LogP contribution in [-0.4, -0.2) is 105 Å². The van der Waals surface area contributed by atoms with E-state index < -0.39 is 82.6 Å². The molecule has 62 heavy (non-hydrogen) atoms. The van der Waals surface area contributed by atoms with Gasteiger partial charge in [0.2, 0.25) is 17.7 Å². The highest BCUT2D eigenvalue weighted by atomic mass is 32.2. The highest BCUT2D eigenvalue weighted by molar-refractivity contribution is 8.00. The SMILES string of the molecule is CON[C@H](C(=O)NC(=O)[C@H]1N(C(=O)[C@@H](O)[C@H](Cc2ccccc2)NC(=O)[C@@H](NC(=O)[C@H](Cc2c[nH]c3ccccc23)NC(=O)Oc2ccccc2)C(C)C)CSC1(C)C)C(C)C. The molecule has 17 heteroatoms. The molecule has 332 valence electrons. The molecule has 1 saturated heterocycles. The van der Waals surface area contributed by atoms with Crippen molar-refractivity contribution in [1.29, 1.82) is 0 Å². The average molecular weight is 872 g/mol. The number of H-pyrrole nitrogens is 1. The number of aromatic nitrogens is 1. The predicted molar refractivity (Wildman–Crippen MR) is 235 cm³/mol. The van der Waals surface area contributed by atoms with Gasteiger partial charge >= 0.3 is 6.09 Å². The van der Waals surface area contributed by atoms with E-state index in [1.54, 1.807) is 108 Å². The molecule has 0 spiro atoms. The number of carbonyl (C=O) groups is 6. The molecular formula is C45H57N7O9S. The van der Waals surface area contributed by atoms with Crippen molar-refractivity contribution >= 4 is 58.3 Å². The van der Waals surface area contributed by atoms with Crippen LogP contribution in [0.4, 0.5) is 4.79 Å². The van der Waals surface area contributed by atoms with Crippen LogP contribution in [0.15, 0.2) is 91.1 Å². The second-order valence-electron chi connectivity index (χ2n) is 16.4. The minimum atomic E-state index is -1.86. The van der Waals surface area contributed by atoms with Crippen molar-refractivity contribution in [3.05, 3.63) is 102 Å². The van der Waals surface area contributed by atoms with Gasteiger partial charge in [-0.15, -0.1) is 11.8 Å². The number of aromatic amines is 1. The lowest BCUT2D eigenvalue weighted by Crippen LogP contribution is -2.62. The number of imide groups is 1. The maximum Gasteiger partial charge on any atom is 0.413 e. The summed E-state index contributed by atoms with van der Waals surface area (Å²) in [4.78, 5) is 92.3. The number of nitrogens with zero attached hydrogens (tertiary/aromatic N) is 1. The van der Waals surface area contributed by atoms with Gasteiger partial charge in [0.25, 0.3) is 11.8 Å². The van der Waals surface area contributed by atoms with Crippen LogP contribution < -0.4 is 31.5 Å². The monoisotopic (exact) mass is 871 g/mol. The molecule has 2 heterocycles. The van der Waals surface area contributed by atoms with Crippen LogP contribution in [-0.2, 0) is 41.7 Å². The topological polar surface area (TPSA) is 220 Å². The maximum absolute atomic E-state index is 14.3. The van der Waals surface area contributed by atoms with E-state index in [4.69, 9.17) is 9.57 Å². The van der Waals surface area contributed by atoms with Crippen LogP contribution >= 0.6 is 11.8 Å². The zero-order valence-corrected chi connectivity index (χ0v) is 36.8. The van der Waals surface area contributed by atoms with Crippen molar-refractivity contribution in [2.24, 2.45) is 11.8 Å².